The van der Waals surface area contributed by atoms with E-state index in [0.717, 1.165) is 29.4 Å². The molecule has 100 valence electrons. The molecule has 19 heavy (non-hydrogen) atoms. The SMILES string of the molecule is Nc1cccc(NC(=O)NC2C3C4CCC(C4)C23)c1. The minimum atomic E-state index is -0.0931. The van der Waals surface area contributed by atoms with Gasteiger partial charge in [-0.3, -0.25) is 0 Å². The fourth-order valence-corrected chi connectivity index (χ4v) is 4.45. The molecular weight excluding hydrogens is 238 g/mol. The third-order valence-electron chi connectivity index (χ3n) is 5.18. The lowest BCUT2D eigenvalue weighted by atomic mass is 10.0. The summed E-state index contributed by atoms with van der Waals surface area (Å²) in [7, 11) is 0. The van der Waals surface area contributed by atoms with Gasteiger partial charge in [-0.25, -0.2) is 4.79 Å². The molecule has 3 saturated carbocycles. The largest absolute Gasteiger partial charge is 0.399 e. The van der Waals surface area contributed by atoms with Crippen LogP contribution in [0.1, 0.15) is 19.3 Å². The van der Waals surface area contributed by atoms with Crippen LogP contribution in [0.15, 0.2) is 24.3 Å². The van der Waals surface area contributed by atoms with Gasteiger partial charge in [-0.15, -0.1) is 0 Å². The molecule has 4 nitrogen and oxygen atoms in total. The van der Waals surface area contributed by atoms with Crippen LogP contribution < -0.4 is 16.4 Å². The number of rotatable bonds is 2. The van der Waals surface area contributed by atoms with E-state index in [2.05, 4.69) is 10.6 Å². The summed E-state index contributed by atoms with van der Waals surface area (Å²) in [6, 6.07) is 7.62. The van der Waals surface area contributed by atoms with Gasteiger partial charge in [0.05, 0.1) is 0 Å². The highest BCUT2D eigenvalue weighted by Crippen LogP contribution is 2.65. The van der Waals surface area contributed by atoms with Crippen LogP contribution in [0.25, 0.3) is 0 Å². The van der Waals surface area contributed by atoms with Crippen molar-refractivity contribution in [2.75, 3.05) is 11.1 Å². The number of anilines is 2. The third kappa shape index (κ3) is 1.78. The summed E-state index contributed by atoms with van der Waals surface area (Å²) < 4.78 is 0. The van der Waals surface area contributed by atoms with E-state index in [1.54, 1.807) is 6.07 Å². The Morgan fingerprint density at radius 2 is 1.95 bits per heavy atom. The quantitative estimate of drug-likeness (QED) is 0.712. The van der Waals surface area contributed by atoms with Crippen LogP contribution >= 0.6 is 0 Å². The number of benzene rings is 1. The average molecular weight is 257 g/mol. The molecule has 0 aromatic heterocycles. The van der Waals surface area contributed by atoms with Gasteiger partial charge in [-0.2, -0.15) is 0 Å². The van der Waals surface area contributed by atoms with Crippen LogP contribution in [-0.4, -0.2) is 12.1 Å². The Hall–Kier alpha value is -1.71. The maximum Gasteiger partial charge on any atom is 0.319 e. The summed E-state index contributed by atoms with van der Waals surface area (Å²) in [6.07, 6.45) is 4.16. The van der Waals surface area contributed by atoms with Gasteiger partial charge in [0.25, 0.3) is 0 Å². The molecule has 1 aromatic carbocycles. The zero-order valence-corrected chi connectivity index (χ0v) is 10.8. The number of fused-ring (bicyclic) bond motifs is 5. The Bertz CT molecular complexity index is 514. The van der Waals surface area contributed by atoms with Crippen molar-refractivity contribution < 1.29 is 4.79 Å². The zero-order valence-electron chi connectivity index (χ0n) is 10.8. The monoisotopic (exact) mass is 257 g/mol. The molecule has 0 aliphatic heterocycles. The Balaban J connectivity index is 1.36. The minimum Gasteiger partial charge on any atom is -0.399 e. The Morgan fingerprint density at radius 1 is 1.21 bits per heavy atom. The smallest absolute Gasteiger partial charge is 0.319 e. The number of nitrogens with one attached hydrogen (secondary N) is 2. The predicted octanol–water partition coefficient (Wildman–Crippen LogP) is 2.43. The van der Waals surface area contributed by atoms with Gasteiger partial charge in [-0.1, -0.05) is 6.07 Å². The van der Waals surface area contributed by atoms with Crippen molar-refractivity contribution in [1.29, 1.82) is 0 Å². The topological polar surface area (TPSA) is 67.1 Å². The van der Waals surface area contributed by atoms with Crippen LogP contribution in [0.2, 0.25) is 0 Å². The second-order valence-electron chi connectivity index (χ2n) is 6.24. The molecule has 4 atom stereocenters. The normalized spacial score (nSPS) is 37.8. The number of carbonyl (C=O) groups is 1. The van der Waals surface area contributed by atoms with Crippen LogP contribution in [0, 0.1) is 23.7 Å². The van der Waals surface area contributed by atoms with Crippen molar-refractivity contribution in [2.45, 2.75) is 25.3 Å². The summed E-state index contributed by atoms with van der Waals surface area (Å²) in [5.74, 6) is 3.30. The second-order valence-corrected chi connectivity index (χ2v) is 6.24. The molecule has 0 saturated heterocycles. The van der Waals surface area contributed by atoms with E-state index in [9.17, 15) is 4.79 Å². The van der Waals surface area contributed by atoms with Gasteiger partial charge in [0.15, 0.2) is 0 Å². The van der Waals surface area contributed by atoms with Crippen LogP contribution in [0.5, 0.6) is 0 Å². The lowest BCUT2D eigenvalue weighted by Crippen LogP contribution is -2.33. The molecule has 0 spiro atoms. The first-order chi connectivity index (χ1) is 9.22. The first-order valence-corrected chi connectivity index (χ1v) is 7.15. The van der Waals surface area contributed by atoms with Crippen molar-refractivity contribution in [2.24, 2.45) is 23.7 Å². The third-order valence-corrected chi connectivity index (χ3v) is 5.18. The number of carbonyl (C=O) groups excluding carboxylic acids is 1. The number of urea groups is 1. The standard InChI is InChI=1S/C15H19N3O/c16-10-2-1-3-11(7-10)17-15(19)18-14-12-8-4-5-9(6-8)13(12)14/h1-3,7-9,12-14H,4-6,16H2,(H2,17,18,19). The van der Waals surface area contributed by atoms with Crippen LogP contribution in [0.3, 0.4) is 0 Å². The van der Waals surface area contributed by atoms with Crippen molar-refractivity contribution in [3.63, 3.8) is 0 Å². The van der Waals surface area contributed by atoms with E-state index in [-0.39, 0.29) is 6.03 Å². The highest BCUT2D eigenvalue weighted by molar-refractivity contribution is 5.90. The molecule has 4 rings (SSSR count). The van der Waals surface area contributed by atoms with E-state index < -0.39 is 0 Å². The average Bonchev–Trinajstić information content (AvgIpc) is 2.78. The first kappa shape index (κ1) is 11.1. The molecule has 0 radical (unpaired) electrons. The van der Waals surface area contributed by atoms with Gasteiger partial charge in [-0.05, 0) is 61.1 Å². The predicted molar refractivity (Wildman–Crippen MR) is 74.6 cm³/mol. The van der Waals surface area contributed by atoms with Crippen LogP contribution in [0.4, 0.5) is 16.2 Å². The lowest BCUT2D eigenvalue weighted by Gasteiger charge is -2.11. The maximum absolute atomic E-state index is 12.0. The van der Waals surface area contributed by atoms with Crippen molar-refractivity contribution >= 4 is 17.4 Å². The number of hydrogen-bond donors (Lipinski definition) is 3. The van der Waals surface area contributed by atoms with Gasteiger partial charge in [0.1, 0.15) is 0 Å². The van der Waals surface area contributed by atoms with Gasteiger partial charge in [0.2, 0.25) is 0 Å². The fourth-order valence-electron chi connectivity index (χ4n) is 4.45. The number of nitrogens with two attached hydrogens (primary N) is 1. The highest BCUT2D eigenvalue weighted by atomic mass is 16.2. The first-order valence-electron chi connectivity index (χ1n) is 7.15. The fraction of sp³-hybridized carbons (Fsp3) is 0.533. The van der Waals surface area contributed by atoms with E-state index in [4.69, 9.17) is 5.73 Å². The highest BCUT2D eigenvalue weighted by Gasteiger charge is 2.65. The Labute approximate surface area is 112 Å². The van der Waals surface area contributed by atoms with Crippen molar-refractivity contribution in [1.82, 2.24) is 5.32 Å². The Kier molecular flexibility index (Phi) is 2.28. The lowest BCUT2D eigenvalue weighted by molar-refractivity contribution is 0.249. The van der Waals surface area contributed by atoms with Gasteiger partial charge in [0, 0.05) is 17.4 Å². The van der Waals surface area contributed by atoms with Crippen molar-refractivity contribution in [3.8, 4) is 0 Å². The number of nitrogen functional groups attached to an aromatic ring is 1. The summed E-state index contributed by atoms with van der Waals surface area (Å²) in [4.78, 5) is 12.0. The molecule has 1 aromatic rings. The molecule has 2 bridgehead atoms. The molecule has 3 aliphatic rings. The number of hydrogen-bond acceptors (Lipinski definition) is 2. The van der Waals surface area contributed by atoms with E-state index in [1.165, 1.54) is 19.3 Å². The summed E-state index contributed by atoms with van der Waals surface area (Å²) in [5, 5.41) is 6.00. The molecule has 4 heteroatoms. The Morgan fingerprint density at radius 3 is 2.63 bits per heavy atom. The van der Waals surface area contributed by atoms with E-state index in [0.29, 0.717) is 11.7 Å². The van der Waals surface area contributed by atoms with Crippen molar-refractivity contribution in [3.05, 3.63) is 24.3 Å². The van der Waals surface area contributed by atoms with E-state index >= 15 is 0 Å². The second kappa shape index (κ2) is 3.89. The molecular formula is C15H19N3O. The minimum absolute atomic E-state index is 0.0931. The zero-order chi connectivity index (χ0) is 13.0. The molecule has 2 amide bonds. The van der Waals surface area contributed by atoms with Gasteiger partial charge < -0.3 is 16.4 Å². The van der Waals surface area contributed by atoms with Gasteiger partial charge >= 0.3 is 6.03 Å². The maximum atomic E-state index is 12.0. The molecule has 4 unspecified atom stereocenters. The molecule has 3 fully saturated rings. The molecule has 3 aliphatic carbocycles. The summed E-state index contributed by atoms with van der Waals surface area (Å²) in [5.41, 5.74) is 7.12. The van der Waals surface area contributed by atoms with E-state index in [1.807, 2.05) is 18.2 Å². The summed E-state index contributed by atoms with van der Waals surface area (Å²) in [6.45, 7) is 0. The molecule has 4 N–H and O–H groups in total. The van der Waals surface area contributed by atoms with Crippen LogP contribution in [-0.2, 0) is 0 Å². The molecule has 0 heterocycles. The number of amides is 2. The summed E-state index contributed by atoms with van der Waals surface area (Å²) >= 11 is 0.